The zero-order valence-corrected chi connectivity index (χ0v) is 11.8. The molecule has 2 rings (SSSR count). The Hall–Kier alpha value is -0.650. The summed E-state index contributed by atoms with van der Waals surface area (Å²) in [7, 11) is 2.12. The van der Waals surface area contributed by atoms with Crippen LogP contribution in [0.5, 0.6) is 0 Å². The van der Waals surface area contributed by atoms with Crippen LogP contribution in [0.1, 0.15) is 5.56 Å². The topological polar surface area (TPSA) is 37.4 Å². The van der Waals surface area contributed by atoms with Crippen molar-refractivity contribution in [2.75, 3.05) is 38.6 Å². The van der Waals surface area contributed by atoms with Crippen LogP contribution >= 0.6 is 15.9 Å². The normalized spacial score (nSPS) is 21.5. The second kappa shape index (κ2) is 5.80. The number of rotatable bonds is 3. The molecule has 0 radical (unpaired) electrons. The van der Waals surface area contributed by atoms with E-state index in [1.165, 1.54) is 0 Å². The SMILES string of the molecule is Cc1cc(Br)cnc1NCC1CN(C)CCO1. The summed E-state index contributed by atoms with van der Waals surface area (Å²) >= 11 is 3.41. The Kier molecular flexibility index (Phi) is 4.36. The molecule has 5 heteroatoms. The lowest BCUT2D eigenvalue weighted by molar-refractivity contribution is -0.0117. The van der Waals surface area contributed by atoms with Crippen LogP contribution in [0.4, 0.5) is 5.82 Å². The number of nitrogens with one attached hydrogen (secondary N) is 1. The zero-order valence-electron chi connectivity index (χ0n) is 10.2. The Morgan fingerprint density at radius 2 is 2.47 bits per heavy atom. The maximum absolute atomic E-state index is 5.69. The number of aryl methyl sites for hydroxylation is 1. The first-order chi connectivity index (χ1) is 8.15. The summed E-state index contributed by atoms with van der Waals surface area (Å²) < 4.78 is 6.70. The van der Waals surface area contributed by atoms with Crippen LogP contribution in [0, 0.1) is 6.92 Å². The van der Waals surface area contributed by atoms with Crippen molar-refractivity contribution in [3.05, 3.63) is 22.3 Å². The molecule has 1 fully saturated rings. The molecule has 0 aliphatic carbocycles. The molecule has 1 N–H and O–H groups in total. The van der Waals surface area contributed by atoms with Gasteiger partial charge in [0.25, 0.3) is 0 Å². The fraction of sp³-hybridized carbons (Fsp3) is 0.583. The standard InChI is InChI=1S/C12H18BrN3O/c1-9-5-10(13)6-14-12(9)15-7-11-8-16(2)3-4-17-11/h5-6,11H,3-4,7-8H2,1-2H3,(H,14,15). The van der Waals surface area contributed by atoms with Crippen LogP contribution in [-0.4, -0.2) is 49.3 Å². The Balaban J connectivity index is 1.88. The van der Waals surface area contributed by atoms with E-state index < -0.39 is 0 Å². The van der Waals surface area contributed by atoms with E-state index in [0.717, 1.165) is 42.1 Å². The first-order valence-corrected chi connectivity index (χ1v) is 6.60. The molecule has 1 aliphatic heterocycles. The average Bonchev–Trinajstić information content (AvgIpc) is 2.28. The summed E-state index contributed by atoms with van der Waals surface area (Å²) in [6, 6.07) is 2.06. The summed E-state index contributed by atoms with van der Waals surface area (Å²) in [5.74, 6) is 0.935. The number of hydrogen-bond donors (Lipinski definition) is 1. The molecule has 0 amide bonds. The number of hydrogen-bond acceptors (Lipinski definition) is 4. The van der Waals surface area contributed by atoms with Gasteiger partial charge in [0.1, 0.15) is 5.82 Å². The highest BCUT2D eigenvalue weighted by Gasteiger charge is 2.17. The minimum absolute atomic E-state index is 0.249. The van der Waals surface area contributed by atoms with Gasteiger partial charge in [-0.2, -0.15) is 0 Å². The lowest BCUT2D eigenvalue weighted by atomic mass is 10.2. The molecule has 0 saturated carbocycles. The van der Waals surface area contributed by atoms with Gasteiger partial charge in [-0.15, -0.1) is 0 Å². The Morgan fingerprint density at radius 1 is 1.65 bits per heavy atom. The first kappa shape index (κ1) is 12.8. The molecule has 94 valence electrons. The summed E-state index contributed by atoms with van der Waals surface area (Å²) in [6.45, 7) is 5.66. The Morgan fingerprint density at radius 3 is 3.18 bits per heavy atom. The number of likely N-dealkylation sites (N-methyl/N-ethyl adjacent to an activating group) is 1. The minimum atomic E-state index is 0.249. The fourth-order valence-corrected chi connectivity index (χ4v) is 2.37. The van der Waals surface area contributed by atoms with Crippen LogP contribution in [0.3, 0.4) is 0 Å². The van der Waals surface area contributed by atoms with Crippen molar-refractivity contribution in [2.45, 2.75) is 13.0 Å². The number of pyridine rings is 1. The van der Waals surface area contributed by atoms with Gasteiger partial charge in [0.15, 0.2) is 0 Å². The molecule has 1 saturated heterocycles. The molecule has 0 spiro atoms. The van der Waals surface area contributed by atoms with E-state index >= 15 is 0 Å². The van der Waals surface area contributed by atoms with Gasteiger partial charge in [-0.1, -0.05) is 0 Å². The molecule has 17 heavy (non-hydrogen) atoms. The molecular formula is C12H18BrN3O. The molecule has 1 aliphatic rings. The molecule has 0 bridgehead atoms. The van der Waals surface area contributed by atoms with Crippen molar-refractivity contribution >= 4 is 21.7 Å². The van der Waals surface area contributed by atoms with Gasteiger partial charge in [0.2, 0.25) is 0 Å². The third kappa shape index (κ3) is 3.66. The highest BCUT2D eigenvalue weighted by molar-refractivity contribution is 9.10. The number of ether oxygens (including phenoxy) is 1. The molecule has 2 heterocycles. The summed E-state index contributed by atoms with van der Waals surface area (Å²) in [6.07, 6.45) is 2.06. The van der Waals surface area contributed by atoms with Crippen LogP contribution in [0.15, 0.2) is 16.7 Å². The van der Waals surface area contributed by atoms with Crippen molar-refractivity contribution in [1.82, 2.24) is 9.88 Å². The van der Waals surface area contributed by atoms with Gasteiger partial charge in [0, 0.05) is 30.3 Å². The van der Waals surface area contributed by atoms with Gasteiger partial charge in [-0.05, 0) is 41.5 Å². The third-order valence-electron chi connectivity index (χ3n) is 2.88. The van der Waals surface area contributed by atoms with E-state index in [2.05, 4.69) is 44.2 Å². The van der Waals surface area contributed by atoms with E-state index in [-0.39, 0.29) is 6.10 Å². The molecule has 1 unspecified atom stereocenters. The fourth-order valence-electron chi connectivity index (χ4n) is 1.93. The molecule has 4 nitrogen and oxygen atoms in total. The maximum atomic E-state index is 5.69. The van der Waals surface area contributed by atoms with Gasteiger partial charge < -0.3 is 15.0 Å². The van der Waals surface area contributed by atoms with E-state index in [4.69, 9.17) is 4.74 Å². The smallest absolute Gasteiger partial charge is 0.129 e. The van der Waals surface area contributed by atoms with E-state index in [0.29, 0.717) is 0 Å². The molecule has 1 aromatic rings. The quantitative estimate of drug-likeness (QED) is 0.925. The van der Waals surface area contributed by atoms with Gasteiger partial charge in [0.05, 0.1) is 12.7 Å². The number of anilines is 1. The highest BCUT2D eigenvalue weighted by Crippen LogP contribution is 2.17. The lowest BCUT2D eigenvalue weighted by Gasteiger charge is -2.30. The Labute approximate surface area is 110 Å². The maximum Gasteiger partial charge on any atom is 0.129 e. The number of nitrogens with zero attached hydrogens (tertiary/aromatic N) is 2. The number of aromatic nitrogens is 1. The van der Waals surface area contributed by atoms with E-state index in [9.17, 15) is 0 Å². The van der Waals surface area contributed by atoms with Crippen molar-refractivity contribution in [3.63, 3.8) is 0 Å². The molecule has 1 aromatic heterocycles. The first-order valence-electron chi connectivity index (χ1n) is 5.81. The van der Waals surface area contributed by atoms with Crippen molar-refractivity contribution in [1.29, 1.82) is 0 Å². The van der Waals surface area contributed by atoms with Crippen molar-refractivity contribution in [2.24, 2.45) is 0 Å². The molecule has 1 atom stereocenters. The van der Waals surface area contributed by atoms with Gasteiger partial charge in [-0.3, -0.25) is 0 Å². The molecule has 0 aromatic carbocycles. The zero-order chi connectivity index (χ0) is 12.3. The van der Waals surface area contributed by atoms with Gasteiger partial charge >= 0.3 is 0 Å². The minimum Gasteiger partial charge on any atom is -0.374 e. The highest BCUT2D eigenvalue weighted by atomic mass is 79.9. The van der Waals surface area contributed by atoms with Crippen LogP contribution < -0.4 is 5.32 Å². The summed E-state index contributed by atoms with van der Waals surface area (Å²) in [4.78, 5) is 6.64. The third-order valence-corrected chi connectivity index (χ3v) is 3.32. The molecular weight excluding hydrogens is 282 g/mol. The van der Waals surface area contributed by atoms with Crippen molar-refractivity contribution < 1.29 is 4.74 Å². The number of halogens is 1. The second-order valence-corrected chi connectivity index (χ2v) is 5.37. The Bertz CT molecular complexity index is 386. The summed E-state index contributed by atoms with van der Waals surface area (Å²) in [5, 5.41) is 3.35. The van der Waals surface area contributed by atoms with Crippen LogP contribution in [0.25, 0.3) is 0 Å². The van der Waals surface area contributed by atoms with E-state index in [1.807, 2.05) is 13.1 Å². The summed E-state index contributed by atoms with van der Waals surface area (Å²) in [5.41, 5.74) is 1.14. The lowest BCUT2D eigenvalue weighted by Crippen LogP contribution is -2.43. The van der Waals surface area contributed by atoms with E-state index in [1.54, 1.807) is 0 Å². The largest absolute Gasteiger partial charge is 0.374 e. The van der Waals surface area contributed by atoms with Crippen LogP contribution in [-0.2, 0) is 4.74 Å². The predicted molar refractivity (Wildman–Crippen MR) is 72.4 cm³/mol. The predicted octanol–water partition coefficient (Wildman–Crippen LogP) is 1.90. The second-order valence-electron chi connectivity index (χ2n) is 4.45. The monoisotopic (exact) mass is 299 g/mol. The van der Waals surface area contributed by atoms with Crippen molar-refractivity contribution in [3.8, 4) is 0 Å². The van der Waals surface area contributed by atoms with Crippen LogP contribution in [0.2, 0.25) is 0 Å². The van der Waals surface area contributed by atoms with Gasteiger partial charge in [-0.25, -0.2) is 4.98 Å². The average molecular weight is 300 g/mol. The number of morpholine rings is 1.